The molecule has 0 spiro atoms. The number of rotatable bonds is 5. The molecule has 0 radical (unpaired) electrons. The first kappa shape index (κ1) is 17.8. The van der Waals surface area contributed by atoms with Gasteiger partial charge in [0.15, 0.2) is 0 Å². The second-order valence-corrected chi connectivity index (χ2v) is 6.21. The SMILES string of the molecule is CCc1ccc(/C=N\NC(=O)[C@@H]2CC(=O)N(c3ccc(F)cc3)C2)cc1. The number of hydrogen-bond donors (Lipinski definition) is 1. The van der Waals surface area contributed by atoms with Crippen LogP contribution in [0, 0.1) is 11.7 Å². The molecule has 26 heavy (non-hydrogen) atoms. The van der Waals surface area contributed by atoms with E-state index in [9.17, 15) is 14.0 Å². The van der Waals surface area contributed by atoms with E-state index in [4.69, 9.17) is 0 Å². The van der Waals surface area contributed by atoms with Crippen molar-refractivity contribution < 1.29 is 14.0 Å². The minimum absolute atomic E-state index is 0.115. The zero-order valence-electron chi connectivity index (χ0n) is 14.5. The molecule has 3 rings (SSSR count). The lowest BCUT2D eigenvalue weighted by atomic mass is 10.1. The van der Waals surface area contributed by atoms with Gasteiger partial charge in [0.2, 0.25) is 11.8 Å². The number of aryl methyl sites for hydroxylation is 1. The third kappa shape index (κ3) is 4.14. The highest BCUT2D eigenvalue weighted by Crippen LogP contribution is 2.25. The van der Waals surface area contributed by atoms with Gasteiger partial charge in [-0.2, -0.15) is 5.10 Å². The summed E-state index contributed by atoms with van der Waals surface area (Å²) in [5, 5.41) is 3.97. The summed E-state index contributed by atoms with van der Waals surface area (Å²) in [4.78, 5) is 25.9. The third-order valence-electron chi connectivity index (χ3n) is 4.41. The summed E-state index contributed by atoms with van der Waals surface area (Å²) in [6.07, 6.45) is 2.66. The summed E-state index contributed by atoms with van der Waals surface area (Å²) in [6.45, 7) is 2.35. The Morgan fingerprint density at radius 1 is 1.23 bits per heavy atom. The van der Waals surface area contributed by atoms with Gasteiger partial charge in [0.05, 0.1) is 12.1 Å². The molecule has 0 aromatic heterocycles. The van der Waals surface area contributed by atoms with Gasteiger partial charge in [-0.1, -0.05) is 31.2 Å². The lowest BCUT2D eigenvalue weighted by molar-refractivity contribution is -0.126. The fraction of sp³-hybridized carbons (Fsp3) is 0.250. The Kier molecular flexibility index (Phi) is 5.41. The molecule has 2 amide bonds. The predicted octanol–water partition coefficient (Wildman–Crippen LogP) is 2.89. The molecule has 1 aliphatic rings. The monoisotopic (exact) mass is 353 g/mol. The van der Waals surface area contributed by atoms with Crippen LogP contribution in [0.4, 0.5) is 10.1 Å². The fourth-order valence-corrected chi connectivity index (χ4v) is 2.85. The van der Waals surface area contributed by atoms with Crippen LogP contribution >= 0.6 is 0 Å². The van der Waals surface area contributed by atoms with E-state index >= 15 is 0 Å². The van der Waals surface area contributed by atoms with Crippen LogP contribution in [0.5, 0.6) is 0 Å². The molecule has 1 fully saturated rings. The van der Waals surface area contributed by atoms with Gasteiger partial charge in [-0.05, 0) is 41.8 Å². The van der Waals surface area contributed by atoms with Crippen molar-refractivity contribution >= 4 is 23.7 Å². The first-order valence-corrected chi connectivity index (χ1v) is 8.54. The average Bonchev–Trinajstić information content (AvgIpc) is 3.05. The molecule has 1 N–H and O–H groups in total. The van der Waals surface area contributed by atoms with Crippen molar-refractivity contribution in [3.63, 3.8) is 0 Å². The van der Waals surface area contributed by atoms with Crippen LogP contribution in [0.3, 0.4) is 0 Å². The number of hydrogen-bond acceptors (Lipinski definition) is 3. The van der Waals surface area contributed by atoms with Crippen LogP contribution in [-0.2, 0) is 16.0 Å². The Morgan fingerprint density at radius 3 is 2.58 bits per heavy atom. The van der Waals surface area contributed by atoms with Crippen LogP contribution in [0.15, 0.2) is 53.6 Å². The average molecular weight is 353 g/mol. The lowest BCUT2D eigenvalue weighted by Crippen LogP contribution is -2.30. The maximum absolute atomic E-state index is 13.0. The van der Waals surface area contributed by atoms with E-state index in [1.807, 2.05) is 24.3 Å². The lowest BCUT2D eigenvalue weighted by Gasteiger charge is -2.16. The van der Waals surface area contributed by atoms with Crippen molar-refractivity contribution in [3.05, 3.63) is 65.5 Å². The zero-order valence-corrected chi connectivity index (χ0v) is 14.5. The molecular weight excluding hydrogens is 333 g/mol. The molecule has 0 unspecified atom stereocenters. The quantitative estimate of drug-likeness (QED) is 0.664. The Hall–Kier alpha value is -3.02. The third-order valence-corrected chi connectivity index (χ3v) is 4.41. The summed E-state index contributed by atoms with van der Waals surface area (Å²) >= 11 is 0. The number of halogens is 1. The van der Waals surface area contributed by atoms with Crippen LogP contribution in [-0.4, -0.2) is 24.6 Å². The Bertz CT molecular complexity index is 816. The molecule has 0 bridgehead atoms. The van der Waals surface area contributed by atoms with E-state index in [2.05, 4.69) is 17.5 Å². The van der Waals surface area contributed by atoms with Crippen molar-refractivity contribution in [3.8, 4) is 0 Å². The summed E-state index contributed by atoms with van der Waals surface area (Å²) < 4.78 is 13.0. The number of nitrogens with zero attached hydrogens (tertiary/aromatic N) is 2. The summed E-state index contributed by atoms with van der Waals surface area (Å²) in [7, 11) is 0. The van der Waals surface area contributed by atoms with Gasteiger partial charge in [0.25, 0.3) is 0 Å². The van der Waals surface area contributed by atoms with Crippen molar-refractivity contribution in [1.29, 1.82) is 0 Å². The highest BCUT2D eigenvalue weighted by Gasteiger charge is 2.35. The second-order valence-electron chi connectivity index (χ2n) is 6.21. The number of carbonyl (C=O) groups excluding carboxylic acids is 2. The maximum atomic E-state index is 13.0. The molecule has 1 heterocycles. The largest absolute Gasteiger partial charge is 0.312 e. The van der Waals surface area contributed by atoms with Gasteiger partial charge < -0.3 is 4.90 Å². The van der Waals surface area contributed by atoms with Gasteiger partial charge in [-0.25, -0.2) is 9.82 Å². The first-order valence-electron chi connectivity index (χ1n) is 8.54. The molecule has 5 nitrogen and oxygen atoms in total. The molecule has 1 atom stereocenters. The molecule has 1 saturated heterocycles. The van der Waals surface area contributed by atoms with E-state index in [1.165, 1.54) is 34.7 Å². The number of hydrazone groups is 1. The number of amides is 2. The number of benzene rings is 2. The summed E-state index contributed by atoms with van der Waals surface area (Å²) in [5.41, 5.74) is 5.20. The summed E-state index contributed by atoms with van der Waals surface area (Å²) in [6, 6.07) is 13.6. The van der Waals surface area contributed by atoms with Gasteiger partial charge in [0.1, 0.15) is 5.82 Å². The highest BCUT2D eigenvalue weighted by atomic mass is 19.1. The second kappa shape index (κ2) is 7.91. The molecule has 134 valence electrons. The van der Waals surface area contributed by atoms with E-state index < -0.39 is 5.92 Å². The molecule has 1 aliphatic heterocycles. The van der Waals surface area contributed by atoms with Crippen LogP contribution < -0.4 is 10.3 Å². The van der Waals surface area contributed by atoms with E-state index in [0.717, 1.165) is 12.0 Å². The van der Waals surface area contributed by atoms with E-state index in [-0.39, 0.29) is 30.6 Å². The fourth-order valence-electron chi connectivity index (χ4n) is 2.85. The molecule has 6 heteroatoms. The van der Waals surface area contributed by atoms with Crippen molar-refractivity contribution in [1.82, 2.24) is 5.43 Å². The normalized spacial score (nSPS) is 17.1. The molecule has 2 aromatic rings. The molecule has 0 saturated carbocycles. The minimum atomic E-state index is -0.479. The van der Waals surface area contributed by atoms with E-state index in [0.29, 0.717) is 5.69 Å². The predicted molar refractivity (Wildman–Crippen MR) is 98.4 cm³/mol. The Labute approximate surface area is 151 Å². The summed E-state index contributed by atoms with van der Waals surface area (Å²) in [5.74, 6) is -1.30. The standard InChI is InChI=1S/C20H20FN3O2/c1-2-14-3-5-15(6-4-14)12-22-23-20(26)16-11-19(25)24(13-16)18-9-7-17(21)8-10-18/h3-10,12,16H,2,11,13H2,1H3,(H,23,26)/b22-12-/t16-/m1/s1. The molecular formula is C20H20FN3O2. The zero-order chi connectivity index (χ0) is 18.5. The molecule has 0 aliphatic carbocycles. The highest BCUT2D eigenvalue weighted by molar-refractivity contribution is 6.00. The number of carbonyl (C=O) groups is 2. The minimum Gasteiger partial charge on any atom is -0.312 e. The number of anilines is 1. The van der Waals surface area contributed by atoms with Gasteiger partial charge in [-0.15, -0.1) is 0 Å². The van der Waals surface area contributed by atoms with Crippen LogP contribution in [0.1, 0.15) is 24.5 Å². The molecule has 2 aromatic carbocycles. The Morgan fingerprint density at radius 2 is 1.92 bits per heavy atom. The number of nitrogens with one attached hydrogen (secondary N) is 1. The van der Waals surface area contributed by atoms with Crippen LogP contribution in [0.25, 0.3) is 0 Å². The maximum Gasteiger partial charge on any atom is 0.245 e. The van der Waals surface area contributed by atoms with Gasteiger partial charge in [-0.3, -0.25) is 9.59 Å². The van der Waals surface area contributed by atoms with Crippen molar-refractivity contribution in [2.24, 2.45) is 11.0 Å². The van der Waals surface area contributed by atoms with Crippen molar-refractivity contribution in [2.75, 3.05) is 11.4 Å². The van der Waals surface area contributed by atoms with Gasteiger partial charge >= 0.3 is 0 Å². The van der Waals surface area contributed by atoms with Gasteiger partial charge in [0, 0.05) is 18.7 Å². The van der Waals surface area contributed by atoms with E-state index in [1.54, 1.807) is 6.21 Å². The first-order chi connectivity index (χ1) is 12.6. The Balaban J connectivity index is 1.57. The van der Waals surface area contributed by atoms with Crippen molar-refractivity contribution in [2.45, 2.75) is 19.8 Å². The topological polar surface area (TPSA) is 61.8 Å². The van der Waals surface area contributed by atoms with Crippen LogP contribution in [0.2, 0.25) is 0 Å². The smallest absolute Gasteiger partial charge is 0.245 e.